The summed E-state index contributed by atoms with van der Waals surface area (Å²) in [6.07, 6.45) is 0.598. The molecular weight excluding hydrogens is 231 g/mol. The molecule has 54 valence electrons. The number of nitrogens with one attached hydrogen (secondary N) is 1. The molecule has 3 N–H and O–H groups in total. The van der Waals surface area contributed by atoms with E-state index in [1.54, 1.807) is 0 Å². The average Bonchev–Trinajstić information content (AvgIpc) is 1.85. The third kappa shape index (κ3) is 6.04. The molecule has 0 bridgehead atoms. The zero-order valence-electron chi connectivity index (χ0n) is 5.19. The van der Waals surface area contributed by atoms with Crippen molar-refractivity contribution in [3.63, 3.8) is 0 Å². The number of carbonyl (C=O) groups is 1. The van der Waals surface area contributed by atoms with E-state index in [1.807, 2.05) is 0 Å². The van der Waals surface area contributed by atoms with E-state index in [4.69, 9.17) is 5.73 Å². The third-order valence-corrected chi connectivity index (χ3v) is 1.33. The molecule has 0 aromatic rings. The highest BCUT2D eigenvalue weighted by atomic mass is 127. The summed E-state index contributed by atoms with van der Waals surface area (Å²) in [6.45, 7) is 1.11. The maximum Gasteiger partial charge on any atom is 0.220 e. The van der Waals surface area contributed by atoms with E-state index in [9.17, 15) is 4.79 Å². The van der Waals surface area contributed by atoms with E-state index in [0.29, 0.717) is 19.5 Å². The van der Waals surface area contributed by atoms with Crippen LogP contribution in [0.15, 0.2) is 0 Å². The number of hydrogen-bond donors (Lipinski definition) is 2. The van der Waals surface area contributed by atoms with Gasteiger partial charge in [0.15, 0.2) is 0 Å². The summed E-state index contributed by atoms with van der Waals surface area (Å²) < 4.78 is 0.869. The van der Waals surface area contributed by atoms with Crippen LogP contribution in [-0.4, -0.2) is 23.4 Å². The first-order valence-electron chi connectivity index (χ1n) is 2.84. The van der Waals surface area contributed by atoms with Crippen LogP contribution in [0, 0.1) is 0 Å². The highest BCUT2D eigenvalue weighted by molar-refractivity contribution is 14.1. The summed E-state index contributed by atoms with van der Waals surface area (Å²) in [6, 6.07) is 0. The Balaban J connectivity index is 3.06. The Bertz CT molecular complexity index is 87.0. The minimum absolute atomic E-state index is 0.0925. The molecule has 4 heteroatoms. The molecule has 0 radical (unpaired) electrons. The SMILES string of the molecule is NCCNC(=O)CCI. The largest absolute Gasteiger partial charge is 0.355 e. The summed E-state index contributed by atoms with van der Waals surface area (Å²) in [4.78, 5) is 10.6. The molecule has 0 saturated carbocycles. The molecule has 0 aliphatic carbocycles. The molecule has 0 spiro atoms. The van der Waals surface area contributed by atoms with Gasteiger partial charge in [-0.3, -0.25) is 4.79 Å². The van der Waals surface area contributed by atoms with Crippen LogP contribution in [0.5, 0.6) is 0 Å². The number of carbonyl (C=O) groups excluding carboxylic acids is 1. The van der Waals surface area contributed by atoms with Gasteiger partial charge in [0.1, 0.15) is 0 Å². The Morgan fingerprint density at radius 1 is 1.67 bits per heavy atom. The van der Waals surface area contributed by atoms with Crippen molar-refractivity contribution >= 4 is 28.5 Å². The standard InChI is InChI=1S/C5H11IN2O/c6-2-1-5(9)8-4-3-7/h1-4,7H2,(H,8,9). The predicted molar refractivity (Wildman–Crippen MR) is 45.6 cm³/mol. The van der Waals surface area contributed by atoms with Crippen molar-refractivity contribution < 1.29 is 4.79 Å². The summed E-state index contributed by atoms with van der Waals surface area (Å²) in [5.41, 5.74) is 5.16. The van der Waals surface area contributed by atoms with Gasteiger partial charge in [-0.15, -0.1) is 0 Å². The van der Waals surface area contributed by atoms with Gasteiger partial charge in [0.25, 0.3) is 0 Å². The summed E-state index contributed by atoms with van der Waals surface area (Å²) in [5, 5.41) is 2.66. The molecule has 0 atom stereocenters. The quantitative estimate of drug-likeness (QED) is 0.533. The van der Waals surface area contributed by atoms with Crippen molar-refractivity contribution in [1.29, 1.82) is 0 Å². The Morgan fingerprint density at radius 3 is 2.78 bits per heavy atom. The number of halogens is 1. The first kappa shape index (κ1) is 9.16. The fraction of sp³-hybridized carbons (Fsp3) is 0.800. The second kappa shape index (κ2) is 6.28. The lowest BCUT2D eigenvalue weighted by Crippen LogP contribution is -2.28. The topological polar surface area (TPSA) is 55.1 Å². The van der Waals surface area contributed by atoms with Gasteiger partial charge in [0.05, 0.1) is 0 Å². The molecule has 0 heterocycles. The van der Waals surface area contributed by atoms with Gasteiger partial charge in [-0.1, -0.05) is 22.6 Å². The van der Waals surface area contributed by atoms with Crippen LogP contribution < -0.4 is 11.1 Å². The van der Waals surface area contributed by atoms with Crippen molar-refractivity contribution in [2.75, 3.05) is 17.5 Å². The van der Waals surface area contributed by atoms with Gasteiger partial charge in [0, 0.05) is 23.9 Å². The molecular formula is C5H11IN2O. The van der Waals surface area contributed by atoms with Crippen LogP contribution in [-0.2, 0) is 4.79 Å². The van der Waals surface area contributed by atoms with Crippen molar-refractivity contribution in [2.45, 2.75) is 6.42 Å². The molecule has 3 nitrogen and oxygen atoms in total. The zero-order chi connectivity index (χ0) is 7.11. The van der Waals surface area contributed by atoms with Gasteiger partial charge in [0.2, 0.25) is 5.91 Å². The van der Waals surface area contributed by atoms with Crippen molar-refractivity contribution in [3.05, 3.63) is 0 Å². The predicted octanol–water partition coefficient (Wildman–Crippen LogP) is -0.114. The number of amides is 1. The van der Waals surface area contributed by atoms with Crippen LogP contribution >= 0.6 is 22.6 Å². The normalized spacial score (nSPS) is 9.11. The summed E-state index contributed by atoms with van der Waals surface area (Å²) in [7, 11) is 0. The minimum Gasteiger partial charge on any atom is -0.355 e. The zero-order valence-corrected chi connectivity index (χ0v) is 7.35. The lowest BCUT2D eigenvalue weighted by molar-refractivity contribution is -0.120. The Morgan fingerprint density at radius 2 is 2.33 bits per heavy atom. The Hall–Kier alpha value is 0.160. The van der Waals surface area contributed by atoms with Crippen LogP contribution in [0.4, 0.5) is 0 Å². The highest BCUT2D eigenvalue weighted by Gasteiger charge is 1.95. The monoisotopic (exact) mass is 242 g/mol. The molecule has 9 heavy (non-hydrogen) atoms. The Labute approximate surface area is 68.5 Å². The average molecular weight is 242 g/mol. The van der Waals surface area contributed by atoms with Gasteiger partial charge in [-0.2, -0.15) is 0 Å². The van der Waals surface area contributed by atoms with Crippen LogP contribution in [0.2, 0.25) is 0 Å². The van der Waals surface area contributed by atoms with Gasteiger partial charge >= 0.3 is 0 Å². The van der Waals surface area contributed by atoms with E-state index in [2.05, 4.69) is 27.9 Å². The Kier molecular flexibility index (Phi) is 6.39. The second-order valence-corrected chi connectivity index (χ2v) is 2.66. The molecule has 0 aromatic heterocycles. The van der Waals surface area contributed by atoms with Crippen LogP contribution in [0.1, 0.15) is 6.42 Å². The smallest absolute Gasteiger partial charge is 0.220 e. The van der Waals surface area contributed by atoms with Crippen LogP contribution in [0.25, 0.3) is 0 Å². The van der Waals surface area contributed by atoms with Gasteiger partial charge in [-0.05, 0) is 0 Å². The minimum atomic E-state index is 0.0925. The molecule has 1 amide bonds. The lowest BCUT2D eigenvalue weighted by Gasteiger charge is -1.98. The van der Waals surface area contributed by atoms with Crippen molar-refractivity contribution in [3.8, 4) is 0 Å². The maximum absolute atomic E-state index is 10.6. The van der Waals surface area contributed by atoms with Crippen molar-refractivity contribution in [1.82, 2.24) is 5.32 Å². The third-order valence-electron chi connectivity index (χ3n) is 0.788. The van der Waals surface area contributed by atoms with E-state index in [1.165, 1.54) is 0 Å². The van der Waals surface area contributed by atoms with E-state index >= 15 is 0 Å². The molecule has 0 rings (SSSR count). The highest BCUT2D eigenvalue weighted by Crippen LogP contribution is 1.86. The van der Waals surface area contributed by atoms with E-state index < -0.39 is 0 Å². The lowest BCUT2D eigenvalue weighted by atomic mass is 10.4. The molecule has 0 fully saturated rings. The van der Waals surface area contributed by atoms with Gasteiger partial charge < -0.3 is 11.1 Å². The maximum atomic E-state index is 10.6. The fourth-order valence-electron chi connectivity index (χ4n) is 0.386. The number of nitrogens with two attached hydrogens (primary N) is 1. The van der Waals surface area contributed by atoms with Gasteiger partial charge in [-0.25, -0.2) is 0 Å². The molecule has 0 aliphatic heterocycles. The van der Waals surface area contributed by atoms with Crippen LogP contribution in [0.3, 0.4) is 0 Å². The number of hydrogen-bond acceptors (Lipinski definition) is 2. The summed E-state index contributed by atoms with van der Waals surface area (Å²) in [5.74, 6) is 0.0925. The van der Waals surface area contributed by atoms with Crippen molar-refractivity contribution in [2.24, 2.45) is 5.73 Å². The first-order chi connectivity index (χ1) is 4.31. The fourth-order valence-corrected chi connectivity index (χ4v) is 0.876. The first-order valence-corrected chi connectivity index (χ1v) is 4.36. The molecule has 0 unspecified atom stereocenters. The molecule has 0 aliphatic rings. The number of rotatable bonds is 4. The summed E-state index contributed by atoms with van der Waals surface area (Å²) >= 11 is 2.16. The molecule has 0 saturated heterocycles. The van der Waals surface area contributed by atoms with E-state index in [-0.39, 0.29) is 5.91 Å². The second-order valence-electron chi connectivity index (χ2n) is 1.58. The van der Waals surface area contributed by atoms with E-state index in [0.717, 1.165) is 4.43 Å². The number of alkyl halides is 1. The molecule has 0 aromatic carbocycles.